The molecule has 1 aliphatic rings. The molecular formula is C18H20N4O. The lowest BCUT2D eigenvalue weighted by molar-refractivity contribution is 0.594. The lowest BCUT2D eigenvalue weighted by atomic mass is 10.1. The Morgan fingerprint density at radius 2 is 2.00 bits per heavy atom. The van der Waals surface area contributed by atoms with Gasteiger partial charge in [0.1, 0.15) is 5.65 Å². The molecule has 3 heterocycles. The number of fused-ring (bicyclic) bond motifs is 3. The van der Waals surface area contributed by atoms with Gasteiger partial charge in [-0.2, -0.15) is 5.10 Å². The average Bonchev–Trinajstić information content (AvgIpc) is 3.01. The van der Waals surface area contributed by atoms with Crippen LogP contribution in [0.5, 0.6) is 0 Å². The minimum atomic E-state index is 0.0857. The Balaban J connectivity index is 2.17. The molecular weight excluding hydrogens is 288 g/mol. The van der Waals surface area contributed by atoms with Gasteiger partial charge in [0.05, 0.1) is 17.6 Å². The Bertz CT molecular complexity index is 922. The summed E-state index contributed by atoms with van der Waals surface area (Å²) >= 11 is 0. The van der Waals surface area contributed by atoms with Crippen LogP contribution in [0, 0.1) is 0 Å². The molecule has 0 bridgehead atoms. The van der Waals surface area contributed by atoms with Crippen molar-refractivity contribution in [1.29, 1.82) is 0 Å². The van der Waals surface area contributed by atoms with E-state index in [1.165, 1.54) is 0 Å². The predicted octanol–water partition coefficient (Wildman–Crippen LogP) is 2.25. The van der Waals surface area contributed by atoms with Crippen molar-refractivity contribution in [2.24, 2.45) is 0 Å². The molecule has 1 N–H and O–H groups in total. The fourth-order valence-electron chi connectivity index (χ4n) is 3.34. The summed E-state index contributed by atoms with van der Waals surface area (Å²) in [6.45, 7) is 5.79. The van der Waals surface area contributed by atoms with Crippen molar-refractivity contribution in [3.05, 3.63) is 63.7 Å². The highest BCUT2D eigenvalue weighted by atomic mass is 16.1. The lowest BCUT2D eigenvalue weighted by Crippen LogP contribution is -2.35. The SMILES string of the molecule is CC(C)c1cnn2c3c(c(=O)n(-c4ccccc4)c12)CCNC3. The number of para-hydroxylation sites is 1. The van der Waals surface area contributed by atoms with Gasteiger partial charge in [-0.1, -0.05) is 32.0 Å². The molecule has 0 atom stereocenters. The molecule has 0 unspecified atom stereocenters. The van der Waals surface area contributed by atoms with Gasteiger partial charge < -0.3 is 5.32 Å². The average molecular weight is 308 g/mol. The van der Waals surface area contributed by atoms with Crippen LogP contribution >= 0.6 is 0 Å². The molecule has 0 spiro atoms. The monoisotopic (exact) mass is 308 g/mol. The maximum atomic E-state index is 13.2. The molecule has 0 aliphatic carbocycles. The summed E-state index contributed by atoms with van der Waals surface area (Å²) in [7, 11) is 0. The zero-order chi connectivity index (χ0) is 16.0. The summed E-state index contributed by atoms with van der Waals surface area (Å²) in [6, 6.07) is 9.85. The quantitative estimate of drug-likeness (QED) is 0.790. The van der Waals surface area contributed by atoms with Crippen LogP contribution in [0.4, 0.5) is 0 Å². The van der Waals surface area contributed by atoms with Gasteiger partial charge >= 0.3 is 0 Å². The van der Waals surface area contributed by atoms with Gasteiger partial charge in [-0.25, -0.2) is 4.52 Å². The van der Waals surface area contributed by atoms with Crippen LogP contribution in [0.25, 0.3) is 11.3 Å². The van der Waals surface area contributed by atoms with Crippen molar-refractivity contribution < 1.29 is 0 Å². The van der Waals surface area contributed by atoms with E-state index in [9.17, 15) is 4.79 Å². The maximum Gasteiger partial charge on any atom is 0.261 e. The second kappa shape index (κ2) is 5.35. The molecule has 4 rings (SSSR count). The summed E-state index contributed by atoms with van der Waals surface area (Å²) in [5, 5.41) is 7.95. The molecule has 5 heteroatoms. The first kappa shape index (κ1) is 14.2. The van der Waals surface area contributed by atoms with Crippen LogP contribution in [0.3, 0.4) is 0 Å². The first-order valence-electron chi connectivity index (χ1n) is 8.09. The van der Waals surface area contributed by atoms with Crippen molar-refractivity contribution in [2.45, 2.75) is 32.7 Å². The number of nitrogens with one attached hydrogen (secondary N) is 1. The van der Waals surface area contributed by atoms with Gasteiger partial charge in [0, 0.05) is 17.7 Å². The molecule has 118 valence electrons. The summed E-state index contributed by atoms with van der Waals surface area (Å²) < 4.78 is 3.78. The summed E-state index contributed by atoms with van der Waals surface area (Å²) in [5.74, 6) is 0.302. The van der Waals surface area contributed by atoms with Crippen molar-refractivity contribution in [2.75, 3.05) is 6.54 Å². The maximum absolute atomic E-state index is 13.2. The van der Waals surface area contributed by atoms with Crippen molar-refractivity contribution in [3.8, 4) is 5.69 Å². The molecule has 0 saturated carbocycles. The molecule has 2 aromatic heterocycles. The second-order valence-electron chi connectivity index (χ2n) is 6.32. The molecule has 1 aromatic carbocycles. The lowest BCUT2D eigenvalue weighted by Gasteiger charge is -2.21. The van der Waals surface area contributed by atoms with Gasteiger partial charge in [-0.05, 0) is 31.0 Å². The molecule has 5 nitrogen and oxygen atoms in total. The standard InChI is InChI=1S/C18H20N4O/c1-12(2)15-10-20-22-16-11-19-9-8-14(16)18(23)21(17(15)22)13-6-4-3-5-7-13/h3-7,10,12,19H,8-9,11H2,1-2H3. The Labute approximate surface area is 134 Å². The minimum absolute atomic E-state index is 0.0857. The minimum Gasteiger partial charge on any atom is -0.311 e. The number of aromatic nitrogens is 3. The molecule has 1 aliphatic heterocycles. The van der Waals surface area contributed by atoms with E-state index in [0.29, 0.717) is 12.5 Å². The van der Waals surface area contributed by atoms with E-state index in [1.807, 2.05) is 45.6 Å². The van der Waals surface area contributed by atoms with E-state index in [-0.39, 0.29) is 5.56 Å². The zero-order valence-electron chi connectivity index (χ0n) is 13.4. The van der Waals surface area contributed by atoms with E-state index in [2.05, 4.69) is 24.3 Å². The third-order valence-electron chi connectivity index (χ3n) is 4.53. The topological polar surface area (TPSA) is 51.3 Å². The highest BCUT2D eigenvalue weighted by Crippen LogP contribution is 2.24. The summed E-state index contributed by atoms with van der Waals surface area (Å²) in [4.78, 5) is 13.2. The Morgan fingerprint density at radius 3 is 2.74 bits per heavy atom. The van der Waals surface area contributed by atoms with E-state index >= 15 is 0 Å². The molecule has 0 amide bonds. The van der Waals surface area contributed by atoms with Crippen LogP contribution in [-0.4, -0.2) is 20.7 Å². The van der Waals surface area contributed by atoms with Gasteiger partial charge in [0.15, 0.2) is 0 Å². The van der Waals surface area contributed by atoms with Crippen LogP contribution in [0.2, 0.25) is 0 Å². The van der Waals surface area contributed by atoms with E-state index in [1.54, 1.807) is 0 Å². The first-order chi connectivity index (χ1) is 11.2. The Kier molecular flexibility index (Phi) is 3.31. The van der Waals surface area contributed by atoms with Crippen LogP contribution < -0.4 is 10.9 Å². The molecule has 0 saturated heterocycles. The molecule has 3 aromatic rings. The van der Waals surface area contributed by atoms with Crippen LogP contribution in [0.15, 0.2) is 41.3 Å². The number of hydrogen-bond acceptors (Lipinski definition) is 3. The summed E-state index contributed by atoms with van der Waals surface area (Å²) in [6.07, 6.45) is 2.64. The van der Waals surface area contributed by atoms with Gasteiger partial charge in [0.25, 0.3) is 5.56 Å². The van der Waals surface area contributed by atoms with E-state index in [4.69, 9.17) is 0 Å². The third-order valence-corrected chi connectivity index (χ3v) is 4.53. The molecule has 0 radical (unpaired) electrons. The number of rotatable bonds is 2. The molecule has 23 heavy (non-hydrogen) atoms. The zero-order valence-corrected chi connectivity index (χ0v) is 13.4. The second-order valence-corrected chi connectivity index (χ2v) is 6.32. The van der Waals surface area contributed by atoms with E-state index < -0.39 is 0 Å². The number of benzene rings is 1. The normalized spacial score (nSPS) is 14.4. The fraction of sp³-hybridized carbons (Fsp3) is 0.333. The van der Waals surface area contributed by atoms with Crippen molar-refractivity contribution in [1.82, 2.24) is 19.5 Å². The molecule has 0 fully saturated rings. The number of nitrogens with zero attached hydrogens (tertiary/aromatic N) is 3. The Hall–Kier alpha value is -2.40. The summed E-state index contributed by atoms with van der Waals surface area (Å²) in [5.41, 5.74) is 4.83. The van der Waals surface area contributed by atoms with Gasteiger partial charge in [0.2, 0.25) is 0 Å². The highest BCUT2D eigenvalue weighted by molar-refractivity contribution is 5.57. The highest BCUT2D eigenvalue weighted by Gasteiger charge is 2.23. The predicted molar refractivity (Wildman–Crippen MR) is 90.3 cm³/mol. The smallest absolute Gasteiger partial charge is 0.261 e. The fourth-order valence-corrected chi connectivity index (χ4v) is 3.34. The van der Waals surface area contributed by atoms with Crippen LogP contribution in [0.1, 0.15) is 36.6 Å². The number of hydrogen-bond donors (Lipinski definition) is 1. The first-order valence-corrected chi connectivity index (χ1v) is 8.09. The van der Waals surface area contributed by atoms with Crippen molar-refractivity contribution >= 4 is 5.65 Å². The van der Waals surface area contributed by atoms with Gasteiger partial charge in [-0.3, -0.25) is 9.36 Å². The Morgan fingerprint density at radius 1 is 1.22 bits per heavy atom. The largest absolute Gasteiger partial charge is 0.311 e. The van der Waals surface area contributed by atoms with Crippen LogP contribution in [-0.2, 0) is 13.0 Å². The van der Waals surface area contributed by atoms with Crippen molar-refractivity contribution in [3.63, 3.8) is 0 Å². The van der Waals surface area contributed by atoms with Gasteiger partial charge in [-0.15, -0.1) is 0 Å². The van der Waals surface area contributed by atoms with E-state index in [0.717, 1.165) is 41.1 Å². The third kappa shape index (κ3) is 2.11.